The van der Waals surface area contributed by atoms with Crippen molar-refractivity contribution in [2.24, 2.45) is 0 Å². The van der Waals surface area contributed by atoms with E-state index < -0.39 is 0 Å². The first-order valence-corrected chi connectivity index (χ1v) is 16.2. The number of hydrogen-bond acceptors (Lipinski definition) is 9. The van der Waals surface area contributed by atoms with Gasteiger partial charge in [0.2, 0.25) is 0 Å². The quantitative estimate of drug-likeness (QED) is 0.149. The Hall–Kier alpha value is 0.720. The largest absolute Gasteiger partial charge is 0.493 e. The molecule has 0 spiro atoms. The molecule has 0 fully saturated rings. The minimum Gasteiger partial charge on any atom is -0.493 e. The number of ether oxygens (including phenoxy) is 3. The highest BCUT2D eigenvalue weighted by molar-refractivity contribution is 8.03. The van der Waals surface area contributed by atoms with Crippen molar-refractivity contribution < 1.29 is 14.2 Å². The van der Waals surface area contributed by atoms with Crippen LogP contribution in [-0.2, 0) is 0 Å². The number of thioether (sulfide) groups is 4. The lowest BCUT2D eigenvalue weighted by atomic mass is 10.3. The summed E-state index contributed by atoms with van der Waals surface area (Å²) in [6, 6.07) is 5.83. The van der Waals surface area contributed by atoms with Crippen molar-refractivity contribution in [2.75, 3.05) is 77.9 Å². The molecule has 9 heteroatoms. The summed E-state index contributed by atoms with van der Waals surface area (Å²) in [6.45, 7) is 1.43. The fourth-order valence-electron chi connectivity index (χ4n) is 2.32. The van der Waals surface area contributed by atoms with Gasteiger partial charge < -0.3 is 14.2 Å². The molecule has 0 saturated carbocycles. The molecule has 0 aliphatic heterocycles. The SMILES string of the molecule is COc1cc(OCCCSCCSCCS)ccc1OCCCSCCSCCS. The number of thiol groups is 2. The summed E-state index contributed by atoms with van der Waals surface area (Å²) in [5.41, 5.74) is 0. The Labute approximate surface area is 211 Å². The van der Waals surface area contributed by atoms with Gasteiger partial charge in [-0.15, -0.1) is 0 Å². The highest BCUT2D eigenvalue weighted by Crippen LogP contribution is 2.31. The third kappa shape index (κ3) is 15.5. The third-order valence-electron chi connectivity index (χ3n) is 3.74. The molecule has 1 rings (SSSR count). The number of hydrogen-bond donors (Lipinski definition) is 2. The van der Waals surface area contributed by atoms with E-state index in [1.165, 1.54) is 23.0 Å². The van der Waals surface area contributed by atoms with Crippen LogP contribution in [0.1, 0.15) is 12.8 Å². The summed E-state index contributed by atoms with van der Waals surface area (Å²) in [5, 5.41) is 0. The second kappa shape index (κ2) is 21.6. The van der Waals surface area contributed by atoms with Crippen LogP contribution in [0.2, 0.25) is 0 Å². The van der Waals surface area contributed by atoms with Crippen LogP contribution in [-0.4, -0.2) is 77.9 Å². The van der Waals surface area contributed by atoms with Gasteiger partial charge in [-0.25, -0.2) is 0 Å². The summed E-state index contributed by atoms with van der Waals surface area (Å²) in [5.74, 6) is 13.6. The van der Waals surface area contributed by atoms with E-state index >= 15 is 0 Å². The van der Waals surface area contributed by atoms with Crippen molar-refractivity contribution in [2.45, 2.75) is 12.8 Å². The molecule has 0 aliphatic carbocycles. The molecule has 0 heterocycles. The van der Waals surface area contributed by atoms with E-state index in [1.807, 2.05) is 65.2 Å². The van der Waals surface area contributed by atoms with Crippen LogP contribution >= 0.6 is 72.3 Å². The zero-order valence-electron chi connectivity index (χ0n) is 17.9. The van der Waals surface area contributed by atoms with Gasteiger partial charge in [0.05, 0.1) is 20.3 Å². The van der Waals surface area contributed by atoms with Crippen LogP contribution in [0.3, 0.4) is 0 Å². The van der Waals surface area contributed by atoms with Gasteiger partial charge in [0.1, 0.15) is 5.75 Å². The molecule has 0 radical (unpaired) electrons. The summed E-state index contributed by atoms with van der Waals surface area (Å²) in [7, 11) is 1.67. The molecular formula is C21H36O3S6. The van der Waals surface area contributed by atoms with E-state index in [9.17, 15) is 0 Å². The lowest BCUT2D eigenvalue weighted by Crippen LogP contribution is -2.03. The minimum atomic E-state index is 0.705. The Kier molecular flexibility index (Phi) is 20.7. The molecule has 0 atom stereocenters. The van der Waals surface area contributed by atoms with Gasteiger partial charge in [-0.2, -0.15) is 72.3 Å². The molecule has 30 heavy (non-hydrogen) atoms. The van der Waals surface area contributed by atoms with E-state index in [2.05, 4.69) is 25.3 Å². The molecule has 0 aromatic heterocycles. The highest BCUT2D eigenvalue weighted by atomic mass is 32.2. The van der Waals surface area contributed by atoms with E-state index in [-0.39, 0.29) is 0 Å². The highest BCUT2D eigenvalue weighted by Gasteiger charge is 2.07. The van der Waals surface area contributed by atoms with Gasteiger partial charge in [0.15, 0.2) is 11.5 Å². The van der Waals surface area contributed by atoms with Crippen LogP contribution < -0.4 is 14.2 Å². The van der Waals surface area contributed by atoms with E-state index in [0.717, 1.165) is 71.2 Å². The standard InChI is InChI=1S/C21H36O3S6/c1-22-21-18-19(23-6-2-10-27-14-16-29-12-8-25)4-5-20(21)24-7-3-11-28-15-17-30-13-9-26/h4-5,18,25-26H,2-3,6-17H2,1H3. The zero-order chi connectivity index (χ0) is 21.7. The predicted octanol–water partition coefficient (Wildman–Crippen LogP) is 6.03. The molecule has 0 saturated heterocycles. The summed E-state index contributed by atoms with van der Waals surface area (Å²) < 4.78 is 17.3. The molecule has 0 bridgehead atoms. The second-order valence-electron chi connectivity index (χ2n) is 6.11. The topological polar surface area (TPSA) is 27.7 Å². The Bertz CT molecular complexity index is 522. The van der Waals surface area contributed by atoms with Crippen molar-refractivity contribution in [1.29, 1.82) is 0 Å². The maximum Gasteiger partial charge on any atom is 0.164 e. The van der Waals surface area contributed by atoms with Crippen molar-refractivity contribution >= 4 is 72.3 Å². The van der Waals surface area contributed by atoms with Gasteiger partial charge in [0, 0.05) is 40.6 Å². The molecule has 174 valence electrons. The van der Waals surface area contributed by atoms with Crippen molar-refractivity contribution in [3.8, 4) is 17.2 Å². The number of methoxy groups -OCH3 is 1. The molecule has 0 aliphatic rings. The van der Waals surface area contributed by atoms with Crippen molar-refractivity contribution in [3.63, 3.8) is 0 Å². The van der Waals surface area contributed by atoms with Crippen LogP contribution in [0.5, 0.6) is 17.2 Å². The molecule has 3 nitrogen and oxygen atoms in total. The molecule has 1 aromatic carbocycles. The van der Waals surface area contributed by atoms with Gasteiger partial charge >= 0.3 is 0 Å². The first-order chi connectivity index (χ1) is 14.8. The zero-order valence-corrected chi connectivity index (χ0v) is 22.9. The average Bonchev–Trinajstić information content (AvgIpc) is 2.77. The smallest absolute Gasteiger partial charge is 0.164 e. The van der Waals surface area contributed by atoms with Crippen molar-refractivity contribution in [1.82, 2.24) is 0 Å². The monoisotopic (exact) mass is 528 g/mol. The fraction of sp³-hybridized carbons (Fsp3) is 0.714. The Morgan fingerprint density at radius 2 is 1.20 bits per heavy atom. The van der Waals surface area contributed by atoms with Crippen LogP contribution in [0.4, 0.5) is 0 Å². The molecule has 1 aromatic rings. The normalized spacial score (nSPS) is 10.9. The minimum absolute atomic E-state index is 0.705. The lowest BCUT2D eigenvalue weighted by Gasteiger charge is -2.13. The van der Waals surface area contributed by atoms with Crippen molar-refractivity contribution in [3.05, 3.63) is 18.2 Å². The van der Waals surface area contributed by atoms with Gasteiger partial charge in [-0.3, -0.25) is 0 Å². The second-order valence-corrected chi connectivity index (χ2v) is 11.9. The van der Waals surface area contributed by atoms with Gasteiger partial charge in [-0.05, 0) is 48.0 Å². The predicted molar refractivity (Wildman–Crippen MR) is 150 cm³/mol. The average molecular weight is 529 g/mol. The maximum atomic E-state index is 5.91. The fourth-order valence-corrected chi connectivity index (χ4v) is 6.70. The van der Waals surface area contributed by atoms with E-state index in [4.69, 9.17) is 14.2 Å². The van der Waals surface area contributed by atoms with Gasteiger partial charge in [-0.1, -0.05) is 0 Å². The van der Waals surface area contributed by atoms with E-state index in [0.29, 0.717) is 6.61 Å². The Balaban J connectivity index is 2.13. The molecule has 0 amide bonds. The first-order valence-electron chi connectivity index (χ1n) is 10.3. The number of rotatable bonds is 21. The van der Waals surface area contributed by atoms with Gasteiger partial charge in [0.25, 0.3) is 0 Å². The maximum absolute atomic E-state index is 5.91. The van der Waals surface area contributed by atoms with Crippen LogP contribution in [0, 0.1) is 0 Å². The van der Waals surface area contributed by atoms with E-state index in [1.54, 1.807) is 7.11 Å². The molecule has 0 unspecified atom stereocenters. The van der Waals surface area contributed by atoms with Crippen LogP contribution in [0.25, 0.3) is 0 Å². The molecular weight excluding hydrogens is 493 g/mol. The summed E-state index contributed by atoms with van der Waals surface area (Å²) >= 11 is 16.4. The number of benzene rings is 1. The lowest BCUT2D eigenvalue weighted by molar-refractivity contribution is 0.288. The molecule has 0 N–H and O–H groups in total. The van der Waals surface area contributed by atoms with Crippen LogP contribution in [0.15, 0.2) is 18.2 Å². The Morgan fingerprint density at radius 3 is 1.73 bits per heavy atom. The summed E-state index contributed by atoms with van der Waals surface area (Å²) in [6.07, 6.45) is 2.08. The first kappa shape index (κ1) is 28.8. The summed E-state index contributed by atoms with van der Waals surface area (Å²) in [4.78, 5) is 0. The third-order valence-corrected chi connectivity index (χ3v) is 9.42. The Morgan fingerprint density at radius 1 is 0.667 bits per heavy atom.